The van der Waals surface area contributed by atoms with Crippen LogP contribution < -0.4 is 6.15 Å². The van der Waals surface area contributed by atoms with Crippen LogP contribution in [-0.2, 0) is 39.1 Å². The van der Waals surface area contributed by atoms with Crippen molar-refractivity contribution < 1.29 is 37.3 Å². The molecule has 0 atom stereocenters. The van der Waals surface area contributed by atoms with Gasteiger partial charge in [-0.05, 0) is 35.8 Å². The fourth-order valence-electron chi connectivity index (χ4n) is 3.46. The van der Waals surface area contributed by atoms with Gasteiger partial charge in [0, 0.05) is 50.4 Å². The summed E-state index contributed by atoms with van der Waals surface area (Å²) in [5.41, 5.74) is 7.01. The van der Waals surface area contributed by atoms with E-state index < -0.39 is 0 Å². The first-order chi connectivity index (χ1) is 10.7. The van der Waals surface area contributed by atoms with Crippen molar-refractivity contribution in [2.24, 2.45) is 0 Å². The number of hydrogen-bond acceptors (Lipinski definition) is 1. The van der Waals surface area contributed by atoms with E-state index in [-0.39, 0.29) is 46.3 Å². The molecule has 2 aromatic rings. The molecule has 1 heterocycles. The van der Waals surface area contributed by atoms with Crippen LogP contribution >= 0.6 is 0 Å². The van der Waals surface area contributed by atoms with E-state index in [0.717, 1.165) is 12.8 Å². The number of benzene rings is 2. The number of hydrogen-bond donors (Lipinski definition) is 1. The number of rotatable bonds is 2. The van der Waals surface area contributed by atoms with Crippen molar-refractivity contribution in [3.63, 3.8) is 0 Å². The van der Waals surface area contributed by atoms with Gasteiger partial charge in [-0.1, -0.05) is 55.5 Å². The van der Waals surface area contributed by atoms with Gasteiger partial charge in [-0.3, -0.25) is 0 Å². The van der Waals surface area contributed by atoms with Crippen LogP contribution in [0.1, 0.15) is 26.3 Å². The van der Waals surface area contributed by atoms with Gasteiger partial charge in [0.25, 0.3) is 0 Å². The van der Waals surface area contributed by atoms with Crippen LogP contribution in [0.4, 0.5) is 5.69 Å². The summed E-state index contributed by atoms with van der Waals surface area (Å²) < 4.78 is 2.33. The van der Waals surface area contributed by atoms with Crippen LogP contribution in [0.25, 0.3) is 10.8 Å². The molecule has 1 aliphatic heterocycles. The molecular formula is C22H27N2Y+. The minimum Gasteiger partial charge on any atom is -0.344 e. The second kappa shape index (κ2) is 8.85. The molecule has 0 spiro atoms. The van der Waals surface area contributed by atoms with E-state index in [1.165, 1.54) is 38.9 Å². The van der Waals surface area contributed by atoms with Gasteiger partial charge in [0.2, 0.25) is 5.69 Å². The van der Waals surface area contributed by atoms with Gasteiger partial charge in [-0.25, -0.2) is 0 Å². The fourth-order valence-corrected chi connectivity index (χ4v) is 3.46. The standard InChI is InChI=1S/C21H20N.CH4.H3N.Y/c1-15-7-8-16(13-15)9-11-18-14-20-19-6-4-3-5-17(19)10-12-21(20)22(18)2;;;/h3-12H,13-14H2,1-2H3;1H4;1H3;/q+1;;;. The predicted octanol–water partition coefficient (Wildman–Crippen LogP) is 5.74. The number of fused-ring (bicyclic) bond motifs is 3. The molecule has 1 aliphatic carbocycles. The number of nitrogens with zero attached hydrogens (tertiary/aromatic N) is 1. The van der Waals surface area contributed by atoms with Gasteiger partial charge in [0.1, 0.15) is 7.05 Å². The molecule has 0 bridgehead atoms. The number of allylic oxidation sites excluding steroid dienone is 6. The van der Waals surface area contributed by atoms with Gasteiger partial charge < -0.3 is 6.15 Å². The molecule has 2 nitrogen and oxygen atoms in total. The van der Waals surface area contributed by atoms with Crippen molar-refractivity contribution in [3.8, 4) is 0 Å². The molecule has 3 N–H and O–H groups in total. The quantitative estimate of drug-likeness (QED) is 0.633. The zero-order chi connectivity index (χ0) is 15.1. The summed E-state index contributed by atoms with van der Waals surface area (Å²) in [6.45, 7) is 2.19. The molecule has 0 saturated carbocycles. The molecule has 4 rings (SSSR count). The predicted molar refractivity (Wildman–Crippen MR) is 106 cm³/mol. The Balaban J connectivity index is 0.00000104. The third kappa shape index (κ3) is 4.08. The molecular weight excluding hydrogens is 381 g/mol. The summed E-state index contributed by atoms with van der Waals surface area (Å²) in [6, 6.07) is 13.2. The summed E-state index contributed by atoms with van der Waals surface area (Å²) in [6.07, 6.45) is 11.1. The normalized spacial score (nSPS) is 15.3. The Morgan fingerprint density at radius 1 is 0.960 bits per heavy atom. The summed E-state index contributed by atoms with van der Waals surface area (Å²) in [7, 11) is 2.17. The Bertz CT molecular complexity index is 901. The van der Waals surface area contributed by atoms with Gasteiger partial charge in [0.15, 0.2) is 5.71 Å². The van der Waals surface area contributed by atoms with Crippen LogP contribution in [0.5, 0.6) is 0 Å². The maximum Gasteiger partial charge on any atom is 0.209 e. The Morgan fingerprint density at radius 3 is 2.44 bits per heavy atom. The van der Waals surface area contributed by atoms with Crippen molar-refractivity contribution in [2.75, 3.05) is 7.05 Å². The molecule has 0 fully saturated rings. The molecule has 2 aliphatic rings. The molecule has 25 heavy (non-hydrogen) atoms. The van der Waals surface area contributed by atoms with Crippen LogP contribution in [0.2, 0.25) is 0 Å². The summed E-state index contributed by atoms with van der Waals surface area (Å²) in [5, 5.41) is 2.71. The third-order valence-corrected chi connectivity index (χ3v) is 4.72. The zero-order valence-electron chi connectivity index (χ0n) is 14.4. The average molecular weight is 408 g/mol. The van der Waals surface area contributed by atoms with E-state index in [9.17, 15) is 0 Å². The first-order valence-corrected chi connectivity index (χ1v) is 7.87. The fraction of sp³-hybridized carbons (Fsp3) is 0.227. The van der Waals surface area contributed by atoms with Gasteiger partial charge in [-0.15, -0.1) is 0 Å². The van der Waals surface area contributed by atoms with Crippen LogP contribution in [0.15, 0.2) is 71.8 Å². The minimum absolute atomic E-state index is 0. The molecule has 2 aromatic carbocycles. The van der Waals surface area contributed by atoms with Crippen molar-refractivity contribution in [1.82, 2.24) is 6.15 Å². The Labute approximate surface area is 176 Å². The first-order valence-electron chi connectivity index (χ1n) is 7.87. The minimum atomic E-state index is 0. The Morgan fingerprint density at radius 2 is 1.72 bits per heavy atom. The van der Waals surface area contributed by atoms with Gasteiger partial charge in [0.05, 0.1) is 6.42 Å². The third-order valence-electron chi connectivity index (χ3n) is 4.72. The maximum atomic E-state index is 2.33. The van der Waals surface area contributed by atoms with E-state index >= 15 is 0 Å². The SMILES string of the molecule is C.CC1=CC=C(C=CC2=[N+](C)c3ccc4ccccc4c3C2)C1.N.[Y]. The second-order valence-corrected chi connectivity index (χ2v) is 6.28. The Hall–Kier alpha value is -1.35. The molecule has 1 radical (unpaired) electrons. The first kappa shape index (κ1) is 21.7. The summed E-state index contributed by atoms with van der Waals surface area (Å²) in [5.74, 6) is 0. The van der Waals surface area contributed by atoms with Crippen molar-refractivity contribution in [2.45, 2.75) is 27.2 Å². The second-order valence-electron chi connectivity index (χ2n) is 6.28. The molecule has 0 unspecified atom stereocenters. The van der Waals surface area contributed by atoms with Crippen LogP contribution in [-0.4, -0.2) is 17.3 Å². The van der Waals surface area contributed by atoms with Crippen molar-refractivity contribution in [1.29, 1.82) is 0 Å². The monoisotopic (exact) mass is 408 g/mol. The van der Waals surface area contributed by atoms with Crippen molar-refractivity contribution >= 4 is 22.2 Å². The van der Waals surface area contributed by atoms with E-state index in [2.05, 4.69) is 79.2 Å². The molecule has 0 aromatic heterocycles. The average Bonchev–Trinajstić information content (AvgIpc) is 3.09. The van der Waals surface area contributed by atoms with Crippen LogP contribution in [0.3, 0.4) is 0 Å². The molecule has 127 valence electrons. The molecule has 0 saturated heterocycles. The summed E-state index contributed by atoms with van der Waals surface area (Å²) in [4.78, 5) is 0. The van der Waals surface area contributed by atoms with E-state index in [4.69, 9.17) is 0 Å². The van der Waals surface area contributed by atoms with E-state index in [0.29, 0.717) is 0 Å². The van der Waals surface area contributed by atoms with E-state index in [1.54, 1.807) is 0 Å². The maximum absolute atomic E-state index is 2.33. The van der Waals surface area contributed by atoms with Gasteiger partial charge in [-0.2, -0.15) is 4.58 Å². The van der Waals surface area contributed by atoms with E-state index in [1.807, 2.05) is 0 Å². The zero-order valence-corrected chi connectivity index (χ0v) is 17.3. The smallest absolute Gasteiger partial charge is 0.209 e. The largest absolute Gasteiger partial charge is 0.344 e. The molecule has 0 amide bonds. The summed E-state index contributed by atoms with van der Waals surface area (Å²) >= 11 is 0. The van der Waals surface area contributed by atoms with Crippen molar-refractivity contribution in [3.05, 3.63) is 77.4 Å². The topological polar surface area (TPSA) is 38.0 Å². The Kier molecular flexibility index (Phi) is 7.68. The molecule has 3 heteroatoms. The van der Waals surface area contributed by atoms with Gasteiger partial charge >= 0.3 is 0 Å². The van der Waals surface area contributed by atoms with Crippen LogP contribution in [0, 0.1) is 0 Å².